The normalized spacial score (nSPS) is 13.7. The molecule has 5 rings (SSSR count). The van der Waals surface area contributed by atoms with Gasteiger partial charge in [0.25, 0.3) is 11.8 Å². The van der Waals surface area contributed by atoms with Crippen LogP contribution in [0.1, 0.15) is 51.1 Å². The van der Waals surface area contributed by atoms with Gasteiger partial charge in [-0.3, -0.25) is 14.4 Å². The summed E-state index contributed by atoms with van der Waals surface area (Å²) in [5.74, 6) is -1.23. The Balaban J connectivity index is 1.36. The quantitative estimate of drug-likeness (QED) is 0.252. The Kier molecular flexibility index (Phi) is 9.69. The van der Waals surface area contributed by atoms with Crippen molar-refractivity contribution < 1.29 is 18.8 Å². The van der Waals surface area contributed by atoms with E-state index in [1.165, 1.54) is 24.3 Å². The monoisotopic (exact) mass is 592 g/mol. The van der Waals surface area contributed by atoms with Crippen molar-refractivity contribution in [3.8, 4) is 0 Å². The molecule has 0 aromatic heterocycles. The van der Waals surface area contributed by atoms with Crippen LogP contribution in [0.5, 0.6) is 0 Å². The molecule has 8 heteroatoms. The van der Waals surface area contributed by atoms with E-state index in [0.717, 1.165) is 23.2 Å². The summed E-state index contributed by atoms with van der Waals surface area (Å²) in [6.45, 7) is 4.65. The molecule has 1 atom stereocenters. The highest BCUT2D eigenvalue weighted by atomic mass is 19.1. The third-order valence-corrected chi connectivity index (χ3v) is 8.02. The maximum Gasteiger partial charge on any atom is 0.256 e. The second-order valence-electron chi connectivity index (χ2n) is 11.0. The predicted molar refractivity (Wildman–Crippen MR) is 171 cm³/mol. The van der Waals surface area contributed by atoms with Gasteiger partial charge in [0.15, 0.2) is 0 Å². The minimum atomic E-state index is -0.502. The molecule has 0 radical (unpaired) electrons. The van der Waals surface area contributed by atoms with E-state index in [9.17, 15) is 18.8 Å². The van der Waals surface area contributed by atoms with Crippen LogP contribution in [0.25, 0.3) is 0 Å². The standard InChI is InChI=1S/C36H37FN4O3/c1-3-31(27-13-8-5-9-14-27)36(44)41-21-19-40(20-22-41)33-18-17-30(38-34(42)28-15-10-16-29(37)23-28)24-32(33)35(43)39(2)25-26-11-6-4-7-12-26/h4-18,23-24,31H,3,19-22,25H2,1-2H3,(H,38,42)/t31-/m0/s1. The first-order valence-corrected chi connectivity index (χ1v) is 14.9. The third-order valence-electron chi connectivity index (χ3n) is 8.02. The molecule has 4 aromatic carbocycles. The molecule has 0 saturated carbocycles. The van der Waals surface area contributed by atoms with Crippen LogP contribution in [0.4, 0.5) is 15.8 Å². The van der Waals surface area contributed by atoms with Crippen molar-refractivity contribution in [1.29, 1.82) is 0 Å². The van der Waals surface area contributed by atoms with Crippen molar-refractivity contribution in [2.45, 2.75) is 25.8 Å². The van der Waals surface area contributed by atoms with Crippen molar-refractivity contribution in [2.75, 3.05) is 43.4 Å². The highest BCUT2D eigenvalue weighted by Crippen LogP contribution is 2.29. The number of rotatable bonds is 9. The number of nitrogens with one attached hydrogen (secondary N) is 1. The van der Waals surface area contributed by atoms with E-state index in [-0.39, 0.29) is 23.3 Å². The lowest BCUT2D eigenvalue weighted by Crippen LogP contribution is -2.50. The second-order valence-corrected chi connectivity index (χ2v) is 11.0. The van der Waals surface area contributed by atoms with E-state index >= 15 is 0 Å². The minimum Gasteiger partial charge on any atom is -0.367 e. The Morgan fingerprint density at radius 3 is 2.18 bits per heavy atom. The lowest BCUT2D eigenvalue weighted by Gasteiger charge is -2.38. The average Bonchev–Trinajstić information content (AvgIpc) is 3.05. The Hall–Kier alpha value is -4.98. The number of anilines is 2. The average molecular weight is 593 g/mol. The minimum absolute atomic E-state index is 0.118. The lowest BCUT2D eigenvalue weighted by molar-refractivity contribution is -0.133. The molecule has 0 bridgehead atoms. The maximum atomic E-state index is 13.9. The van der Waals surface area contributed by atoms with Crippen LogP contribution >= 0.6 is 0 Å². The topological polar surface area (TPSA) is 73.0 Å². The van der Waals surface area contributed by atoms with Crippen molar-refractivity contribution in [1.82, 2.24) is 9.80 Å². The highest BCUT2D eigenvalue weighted by Gasteiger charge is 2.29. The molecule has 4 aromatic rings. The molecule has 0 unspecified atom stereocenters. The molecule has 7 nitrogen and oxygen atoms in total. The third kappa shape index (κ3) is 7.14. The van der Waals surface area contributed by atoms with Gasteiger partial charge >= 0.3 is 0 Å². The SMILES string of the molecule is CC[C@H](C(=O)N1CCN(c2ccc(NC(=O)c3cccc(F)c3)cc2C(=O)N(C)Cc2ccccc2)CC1)c1ccccc1. The fourth-order valence-corrected chi connectivity index (χ4v) is 5.65. The van der Waals surface area contributed by atoms with Gasteiger partial charge in [0.1, 0.15) is 5.82 Å². The first-order valence-electron chi connectivity index (χ1n) is 14.9. The van der Waals surface area contributed by atoms with E-state index in [4.69, 9.17) is 0 Å². The zero-order valence-corrected chi connectivity index (χ0v) is 25.1. The van der Waals surface area contributed by atoms with E-state index < -0.39 is 11.7 Å². The van der Waals surface area contributed by atoms with Crippen molar-refractivity contribution >= 4 is 29.1 Å². The number of halogens is 1. The van der Waals surface area contributed by atoms with E-state index in [1.54, 1.807) is 24.1 Å². The predicted octanol–water partition coefficient (Wildman–Crippen LogP) is 6.19. The number of benzene rings is 4. The molecule has 44 heavy (non-hydrogen) atoms. The highest BCUT2D eigenvalue weighted by molar-refractivity contribution is 6.06. The van der Waals surface area contributed by atoms with Crippen LogP contribution in [0.15, 0.2) is 103 Å². The van der Waals surface area contributed by atoms with Gasteiger partial charge in [-0.05, 0) is 53.9 Å². The van der Waals surface area contributed by atoms with Crippen LogP contribution in [0, 0.1) is 5.82 Å². The van der Waals surface area contributed by atoms with Gasteiger partial charge in [-0.25, -0.2) is 4.39 Å². The number of amides is 3. The van der Waals surface area contributed by atoms with Crippen molar-refractivity contribution in [2.24, 2.45) is 0 Å². The molecule has 1 saturated heterocycles. The Morgan fingerprint density at radius 2 is 1.52 bits per heavy atom. The second kappa shape index (κ2) is 14.0. The zero-order valence-electron chi connectivity index (χ0n) is 25.1. The summed E-state index contributed by atoms with van der Waals surface area (Å²) in [5, 5.41) is 2.81. The molecule has 1 aliphatic rings. The largest absolute Gasteiger partial charge is 0.367 e. The summed E-state index contributed by atoms with van der Waals surface area (Å²) >= 11 is 0. The Bertz CT molecular complexity index is 1600. The first kappa shape index (κ1) is 30.5. The number of hydrogen-bond acceptors (Lipinski definition) is 4. The first-order chi connectivity index (χ1) is 21.3. The van der Waals surface area contributed by atoms with Crippen LogP contribution in [-0.2, 0) is 11.3 Å². The molecule has 1 N–H and O–H groups in total. The number of carbonyl (C=O) groups excluding carboxylic acids is 3. The van der Waals surface area contributed by atoms with Crippen LogP contribution < -0.4 is 10.2 Å². The molecule has 0 spiro atoms. The number of piperazine rings is 1. The molecule has 1 heterocycles. The maximum absolute atomic E-state index is 13.9. The van der Waals surface area contributed by atoms with Crippen LogP contribution in [0.3, 0.4) is 0 Å². The van der Waals surface area contributed by atoms with Crippen LogP contribution in [-0.4, -0.2) is 60.7 Å². The molecule has 3 amide bonds. The van der Waals surface area contributed by atoms with Gasteiger partial charge in [0.2, 0.25) is 5.91 Å². The Morgan fingerprint density at radius 1 is 0.841 bits per heavy atom. The summed E-state index contributed by atoms with van der Waals surface area (Å²) in [5.41, 5.74) is 3.81. The molecule has 226 valence electrons. The van der Waals surface area contributed by atoms with Crippen LogP contribution in [0.2, 0.25) is 0 Å². The molecule has 1 fully saturated rings. The fraction of sp³-hybridized carbons (Fsp3) is 0.250. The molecule has 1 aliphatic heterocycles. The summed E-state index contributed by atoms with van der Waals surface area (Å²) in [7, 11) is 1.75. The van der Waals surface area contributed by atoms with E-state index in [0.29, 0.717) is 44.0 Å². The van der Waals surface area contributed by atoms with Crippen molar-refractivity contribution in [3.63, 3.8) is 0 Å². The van der Waals surface area contributed by atoms with Gasteiger partial charge in [0, 0.05) is 56.7 Å². The summed E-state index contributed by atoms with van der Waals surface area (Å²) in [6, 6.07) is 30.3. The Labute approximate surface area is 257 Å². The lowest BCUT2D eigenvalue weighted by atomic mass is 9.94. The fourth-order valence-electron chi connectivity index (χ4n) is 5.65. The smallest absolute Gasteiger partial charge is 0.256 e. The van der Waals surface area contributed by atoms with Gasteiger partial charge in [-0.2, -0.15) is 0 Å². The zero-order chi connectivity index (χ0) is 31.1. The van der Waals surface area contributed by atoms with Gasteiger partial charge < -0.3 is 20.0 Å². The van der Waals surface area contributed by atoms with Gasteiger partial charge in [-0.1, -0.05) is 73.7 Å². The number of carbonyl (C=O) groups is 3. The van der Waals surface area contributed by atoms with Gasteiger partial charge in [-0.15, -0.1) is 0 Å². The van der Waals surface area contributed by atoms with Gasteiger partial charge in [0.05, 0.1) is 11.5 Å². The van der Waals surface area contributed by atoms with E-state index in [1.807, 2.05) is 78.6 Å². The molecule has 0 aliphatic carbocycles. The number of hydrogen-bond donors (Lipinski definition) is 1. The summed E-state index contributed by atoms with van der Waals surface area (Å²) in [6.07, 6.45) is 0.721. The molecular formula is C36H37FN4O3. The summed E-state index contributed by atoms with van der Waals surface area (Å²) in [4.78, 5) is 45.9. The molecular weight excluding hydrogens is 555 g/mol. The van der Waals surface area contributed by atoms with Crippen molar-refractivity contribution in [3.05, 3.63) is 131 Å². The number of nitrogens with zero attached hydrogens (tertiary/aromatic N) is 3. The van der Waals surface area contributed by atoms with E-state index in [2.05, 4.69) is 10.2 Å². The summed E-state index contributed by atoms with van der Waals surface area (Å²) < 4.78 is 13.7.